The van der Waals surface area contributed by atoms with Crippen LogP contribution in [0.4, 0.5) is 5.69 Å². The number of hydrogen-bond donors (Lipinski definition) is 1. The number of nitro groups is 1. The van der Waals surface area contributed by atoms with E-state index in [4.69, 9.17) is 15.7 Å². The predicted molar refractivity (Wildman–Crippen MR) is 68.6 cm³/mol. The molecule has 6 heteroatoms. The van der Waals surface area contributed by atoms with Crippen molar-refractivity contribution in [2.45, 2.75) is 25.4 Å². The van der Waals surface area contributed by atoms with Crippen LogP contribution in [0.3, 0.4) is 0 Å². The SMILES string of the molecule is N#Cc1cccc(OC2CCCC2CN)c1[N+](=O)[O-]. The van der Waals surface area contributed by atoms with Crippen molar-refractivity contribution in [2.75, 3.05) is 6.54 Å². The maximum Gasteiger partial charge on any atom is 0.328 e. The van der Waals surface area contributed by atoms with Crippen LogP contribution in [0.1, 0.15) is 24.8 Å². The highest BCUT2D eigenvalue weighted by Gasteiger charge is 2.30. The molecule has 0 heterocycles. The van der Waals surface area contributed by atoms with Crippen LogP contribution in [-0.4, -0.2) is 17.6 Å². The van der Waals surface area contributed by atoms with Gasteiger partial charge in [0.05, 0.1) is 4.92 Å². The van der Waals surface area contributed by atoms with Crippen LogP contribution in [0, 0.1) is 27.4 Å². The van der Waals surface area contributed by atoms with Crippen LogP contribution < -0.4 is 10.5 Å². The fraction of sp³-hybridized carbons (Fsp3) is 0.462. The van der Waals surface area contributed by atoms with Crippen molar-refractivity contribution in [2.24, 2.45) is 11.7 Å². The summed E-state index contributed by atoms with van der Waals surface area (Å²) in [7, 11) is 0. The van der Waals surface area contributed by atoms with E-state index in [1.807, 2.05) is 6.07 Å². The fourth-order valence-corrected chi connectivity index (χ4v) is 2.49. The normalized spacial score (nSPS) is 21.9. The van der Waals surface area contributed by atoms with Gasteiger partial charge in [0, 0.05) is 5.92 Å². The fourth-order valence-electron chi connectivity index (χ4n) is 2.49. The van der Waals surface area contributed by atoms with Crippen molar-refractivity contribution in [1.82, 2.24) is 0 Å². The standard InChI is InChI=1S/C13H15N3O3/c14-7-9-3-1-5-11(9)19-12-6-2-4-10(8-15)13(12)16(17)18/h2,4,6,9,11H,1,3,5,7,14H2. The smallest absolute Gasteiger partial charge is 0.328 e. The molecule has 0 bridgehead atoms. The third-order valence-corrected chi connectivity index (χ3v) is 3.47. The van der Waals surface area contributed by atoms with Crippen molar-refractivity contribution in [3.63, 3.8) is 0 Å². The van der Waals surface area contributed by atoms with E-state index in [1.165, 1.54) is 12.1 Å². The van der Waals surface area contributed by atoms with Crippen molar-refractivity contribution in [3.05, 3.63) is 33.9 Å². The van der Waals surface area contributed by atoms with E-state index in [1.54, 1.807) is 6.07 Å². The van der Waals surface area contributed by atoms with Gasteiger partial charge >= 0.3 is 5.69 Å². The zero-order chi connectivity index (χ0) is 13.8. The Balaban J connectivity index is 2.30. The molecule has 0 amide bonds. The summed E-state index contributed by atoms with van der Waals surface area (Å²) in [5.74, 6) is 0.389. The molecule has 0 aromatic heterocycles. The Hall–Kier alpha value is -2.13. The van der Waals surface area contributed by atoms with Crippen LogP contribution in [-0.2, 0) is 0 Å². The molecule has 0 spiro atoms. The van der Waals surface area contributed by atoms with Gasteiger partial charge in [-0.3, -0.25) is 10.1 Å². The van der Waals surface area contributed by atoms with Gasteiger partial charge in [0.25, 0.3) is 0 Å². The maximum atomic E-state index is 11.1. The lowest BCUT2D eigenvalue weighted by Gasteiger charge is -2.19. The Kier molecular flexibility index (Phi) is 3.97. The first-order valence-electron chi connectivity index (χ1n) is 6.21. The highest BCUT2D eigenvalue weighted by atomic mass is 16.6. The van der Waals surface area contributed by atoms with E-state index in [2.05, 4.69) is 0 Å². The van der Waals surface area contributed by atoms with Gasteiger partial charge in [-0.15, -0.1) is 0 Å². The van der Waals surface area contributed by atoms with Crippen molar-refractivity contribution < 1.29 is 9.66 Å². The molecule has 1 aromatic carbocycles. The Morgan fingerprint density at radius 2 is 2.32 bits per heavy atom. The summed E-state index contributed by atoms with van der Waals surface area (Å²) in [6.07, 6.45) is 2.73. The Morgan fingerprint density at radius 1 is 1.53 bits per heavy atom. The molecule has 2 atom stereocenters. The zero-order valence-corrected chi connectivity index (χ0v) is 10.4. The maximum absolute atomic E-state index is 11.1. The molecule has 1 aliphatic rings. The van der Waals surface area contributed by atoms with Gasteiger partial charge < -0.3 is 10.5 Å². The van der Waals surface area contributed by atoms with Gasteiger partial charge in [-0.05, 0) is 37.9 Å². The number of nitrogens with two attached hydrogens (primary N) is 1. The van der Waals surface area contributed by atoms with Gasteiger partial charge in [-0.1, -0.05) is 6.07 Å². The van der Waals surface area contributed by atoms with Crippen LogP contribution >= 0.6 is 0 Å². The van der Waals surface area contributed by atoms with Gasteiger partial charge in [-0.25, -0.2) is 0 Å². The summed E-state index contributed by atoms with van der Waals surface area (Å²) >= 11 is 0. The summed E-state index contributed by atoms with van der Waals surface area (Å²) in [5, 5.41) is 20.0. The van der Waals surface area contributed by atoms with Crippen LogP contribution in [0.25, 0.3) is 0 Å². The molecule has 100 valence electrons. The van der Waals surface area contributed by atoms with Crippen LogP contribution in [0.2, 0.25) is 0 Å². The molecule has 1 aliphatic carbocycles. The molecule has 1 saturated carbocycles. The summed E-state index contributed by atoms with van der Waals surface area (Å²) in [5.41, 5.74) is 5.43. The first-order valence-corrected chi connectivity index (χ1v) is 6.21. The topological polar surface area (TPSA) is 102 Å². The number of ether oxygens (including phenoxy) is 1. The third-order valence-electron chi connectivity index (χ3n) is 3.47. The van der Waals surface area contributed by atoms with Crippen molar-refractivity contribution in [3.8, 4) is 11.8 Å². The summed E-state index contributed by atoms with van der Waals surface area (Å²) < 4.78 is 5.74. The van der Waals surface area contributed by atoms with E-state index < -0.39 is 4.92 Å². The second-order valence-corrected chi connectivity index (χ2v) is 4.60. The van der Waals surface area contributed by atoms with E-state index in [9.17, 15) is 10.1 Å². The quantitative estimate of drug-likeness (QED) is 0.659. The predicted octanol–water partition coefficient (Wildman–Crippen LogP) is 1.97. The molecule has 6 nitrogen and oxygen atoms in total. The molecule has 0 radical (unpaired) electrons. The molecular weight excluding hydrogens is 246 g/mol. The average Bonchev–Trinajstić information content (AvgIpc) is 2.85. The monoisotopic (exact) mass is 261 g/mol. The molecule has 0 aliphatic heterocycles. The second kappa shape index (κ2) is 5.67. The summed E-state index contributed by atoms with van der Waals surface area (Å²) in [6.45, 7) is 0.510. The number of nitro benzene ring substituents is 1. The highest BCUT2D eigenvalue weighted by Crippen LogP contribution is 2.35. The first kappa shape index (κ1) is 13.3. The lowest BCUT2D eigenvalue weighted by atomic mass is 10.1. The Morgan fingerprint density at radius 3 is 2.95 bits per heavy atom. The van der Waals surface area contributed by atoms with E-state index in [0.717, 1.165) is 19.3 Å². The second-order valence-electron chi connectivity index (χ2n) is 4.60. The van der Waals surface area contributed by atoms with Crippen molar-refractivity contribution >= 4 is 5.69 Å². The van der Waals surface area contributed by atoms with Gasteiger partial charge in [0.2, 0.25) is 0 Å². The molecule has 1 aromatic rings. The molecule has 1 fully saturated rings. The molecule has 2 rings (SSSR count). The average molecular weight is 261 g/mol. The van der Waals surface area contributed by atoms with E-state index in [-0.39, 0.29) is 29.0 Å². The molecule has 2 N–H and O–H groups in total. The minimum absolute atomic E-state index is 0.0183. The minimum Gasteiger partial charge on any atom is -0.483 e. The van der Waals surface area contributed by atoms with Gasteiger partial charge in [0.1, 0.15) is 17.7 Å². The molecule has 0 saturated heterocycles. The number of benzene rings is 1. The first-order chi connectivity index (χ1) is 9.17. The number of nitrogens with zero attached hydrogens (tertiary/aromatic N) is 2. The van der Waals surface area contributed by atoms with Gasteiger partial charge in [-0.2, -0.15) is 5.26 Å². The number of nitriles is 1. The lowest BCUT2D eigenvalue weighted by molar-refractivity contribution is -0.386. The number of rotatable bonds is 4. The number of para-hydroxylation sites is 1. The lowest BCUT2D eigenvalue weighted by Crippen LogP contribution is -2.27. The van der Waals surface area contributed by atoms with E-state index in [0.29, 0.717) is 6.54 Å². The van der Waals surface area contributed by atoms with Crippen molar-refractivity contribution in [1.29, 1.82) is 5.26 Å². The minimum atomic E-state index is -0.569. The summed E-state index contributed by atoms with van der Waals surface area (Å²) in [4.78, 5) is 10.5. The third kappa shape index (κ3) is 2.66. The van der Waals surface area contributed by atoms with Crippen LogP contribution in [0.15, 0.2) is 18.2 Å². The van der Waals surface area contributed by atoms with Gasteiger partial charge in [0.15, 0.2) is 5.75 Å². The largest absolute Gasteiger partial charge is 0.483 e. The number of hydrogen-bond acceptors (Lipinski definition) is 5. The zero-order valence-electron chi connectivity index (χ0n) is 10.4. The molecule has 2 unspecified atom stereocenters. The molecule has 19 heavy (non-hydrogen) atoms. The highest BCUT2D eigenvalue weighted by molar-refractivity contribution is 5.58. The Labute approximate surface area is 110 Å². The van der Waals surface area contributed by atoms with E-state index >= 15 is 0 Å². The molecular formula is C13H15N3O3. The summed E-state index contributed by atoms with van der Waals surface area (Å²) in [6, 6.07) is 6.36. The van der Waals surface area contributed by atoms with Crippen LogP contribution in [0.5, 0.6) is 5.75 Å². The Bertz CT molecular complexity index is 524.